The molecule has 21 heavy (non-hydrogen) atoms. The molecule has 2 aromatic rings. The molecule has 0 saturated heterocycles. The third-order valence-corrected chi connectivity index (χ3v) is 4.52. The van der Waals surface area contributed by atoms with E-state index in [1.54, 1.807) is 0 Å². The fraction of sp³-hybridized carbons (Fsp3) is 0.250. The number of hydrogen-bond donors (Lipinski definition) is 1. The quantitative estimate of drug-likeness (QED) is 0.603. The number of benzene rings is 2. The number of hydrogen-bond acceptors (Lipinski definition) is 1. The van der Waals surface area contributed by atoms with Gasteiger partial charge in [-0.2, -0.15) is 0 Å². The molecule has 0 amide bonds. The topological polar surface area (TPSA) is 12.0 Å². The predicted octanol–water partition coefficient (Wildman–Crippen LogP) is 6.31. The van der Waals surface area contributed by atoms with Gasteiger partial charge >= 0.3 is 0 Å². The summed E-state index contributed by atoms with van der Waals surface area (Å²) in [5.41, 5.74) is 1.85. The highest BCUT2D eigenvalue weighted by molar-refractivity contribution is 9.10. The Balaban J connectivity index is 2.15. The minimum Gasteiger partial charge on any atom is -0.304 e. The van der Waals surface area contributed by atoms with Gasteiger partial charge in [0.1, 0.15) is 5.82 Å². The van der Waals surface area contributed by atoms with Crippen molar-refractivity contribution in [2.24, 2.45) is 0 Å². The van der Waals surface area contributed by atoms with E-state index in [0.29, 0.717) is 10.6 Å². The van der Waals surface area contributed by atoms with Crippen LogP contribution in [0.4, 0.5) is 4.39 Å². The minimum absolute atomic E-state index is 0.0388. The molecule has 0 radical (unpaired) electrons. The van der Waals surface area contributed by atoms with Crippen molar-refractivity contribution in [1.82, 2.24) is 5.32 Å². The van der Waals surface area contributed by atoms with E-state index in [0.717, 1.165) is 10.0 Å². The monoisotopic (exact) mass is 389 g/mol. The van der Waals surface area contributed by atoms with E-state index in [9.17, 15) is 4.39 Å². The van der Waals surface area contributed by atoms with Crippen LogP contribution in [-0.2, 0) is 0 Å². The average molecular weight is 391 g/mol. The van der Waals surface area contributed by atoms with Crippen LogP contribution < -0.4 is 5.32 Å². The van der Waals surface area contributed by atoms with Gasteiger partial charge in [-0.15, -0.1) is 0 Å². The standard InChI is InChI=1S/C16H15BrCl2FN/c1-9(11-3-5-12(17)6-4-11)21-10(2)13-7-16(20)15(19)8-14(13)18/h3-10,21H,1-2H3. The van der Waals surface area contributed by atoms with Crippen LogP contribution in [0.1, 0.15) is 37.1 Å². The second kappa shape index (κ2) is 7.10. The molecule has 1 nitrogen and oxygen atoms in total. The summed E-state index contributed by atoms with van der Waals surface area (Å²) < 4.78 is 14.6. The molecule has 0 aliphatic carbocycles. The highest BCUT2D eigenvalue weighted by Crippen LogP contribution is 2.30. The van der Waals surface area contributed by atoms with Crippen molar-refractivity contribution in [2.75, 3.05) is 0 Å². The summed E-state index contributed by atoms with van der Waals surface area (Å²) in [5, 5.41) is 3.91. The molecule has 0 fully saturated rings. The molecule has 1 N–H and O–H groups in total. The first-order chi connectivity index (χ1) is 9.88. The second-order valence-corrected chi connectivity index (χ2v) is 6.68. The summed E-state index contributed by atoms with van der Waals surface area (Å²) in [7, 11) is 0. The van der Waals surface area contributed by atoms with E-state index in [2.05, 4.69) is 28.2 Å². The van der Waals surface area contributed by atoms with Crippen LogP contribution in [0.15, 0.2) is 40.9 Å². The normalized spacial score (nSPS) is 14.0. The highest BCUT2D eigenvalue weighted by atomic mass is 79.9. The zero-order chi connectivity index (χ0) is 15.6. The van der Waals surface area contributed by atoms with E-state index in [1.165, 1.54) is 12.1 Å². The number of rotatable bonds is 4. The summed E-state index contributed by atoms with van der Waals surface area (Å²) in [6, 6.07) is 10.9. The summed E-state index contributed by atoms with van der Waals surface area (Å²) >= 11 is 15.3. The van der Waals surface area contributed by atoms with E-state index in [-0.39, 0.29) is 17.1 Å². The van der Waals surface area contributed by atoms with Crippen LogP contribution in [0.5, 0.6) is 0 Å². The molecule has 0 aromatic heterocycles. The Hall–Kier alpha value is -0.610. The van der Waals surface area contributed by atoms with Crippen molar-refractivity contribution in [3.63, 3.8) is 0 Å². The average Bonchev–Trinajstić information content (AvgIpc) is 2.43. The van der Waals surface area contributed by atoms with Crippen LogP contribution in [0.3, 0.4) is 0 Å². The van der Waals surface area contributed by atoms with E-state index in [4.69, 9.17) is 23.2 Å². The van der Waals surface area contributed by atoms with E-state index < -0.39 is 5.82 Å². The Labute approximate surface area is 142 Å². The second-order valence-electron chi connectivity index (χ2n) is 4.95. The van der Waals surface area contributed by atoms with Gasteiger partial charge in [0, 0.05) is 21.6 Å². The van der Waals surface area contributed by atoms with Crippen molar-refractivity contribution in [3.05, 3.63) is 67.9 Å². The molecule has 2 aromatic carbocycles. The third-order valence-electron chi connectivity index (χ3n) is 3.38. The molecular weight excluding hydrogens is 376 g/mol. The molecule has 0 saturated carbocycles. The molecule has 112 valence electrons. The van der Waals surface area contributed by atoms with Gasteiger partial charge < -0.3 is 5.32 Å². The van der Waals surface area contributed by atoms with Gasteiger partial charge in [0.05, 0.1) is 5.02 Å². The van der Waals surface area contributed by atoms with Gasteiger partial charge in [-0.1, -0.05) is 51.3 Å². The van der Waals surface area contributed by atoms with Crippen LogP contribution in [-0.4, -0.2) is 0 Å². The van der Waals surface area contributed by atoms with Gasteiger partial charge in [0.15, 0.2) is 0 Å². The van der Waals surface area contributed by atoms with Crippen molar-refractivity contribution in [1.29, 1.82) is 0 Å². The molecule has 2 atom stereocenters. The van der Waals surface area contributed by atoms with Crippen molar-refractivity contribution in [2.45, 2.75) is 25.9 Å². The Morgan fingerprint density at radius 1 is 1.00 bits per heavy atom. The lowest BCUT2D eigenvalue weighted by Gasteiger charge is -2.22. The van der Waals surface area contributed by atoms with Crippen LogP contribution in [0.2, 0.25) is 10.0 Å². The van der Waals surface area contributed by atoms with E-state index >= 15 is 0 Å². The summed E-state index contributed by atoms with van der Waals surface area (Å²) in [6.45, 7) is 4.00. The lowest BCUT2D eigenvalue weighted by molar-refractivity contribution is 0.492. The van der Waals surface area contributed by atoms with E-state index in [1.807, 2.05) is 31.2 Å². The summed E-state index contributed by atoms with van der Waals surface area (Å²) in [4.78, 5) is 0. The minimum atomic E-state index is -0.457. The highest BCUT2D eigenvalue weighted by Gasteiger charge is 2.16. The van der Waals surface area contributed by atoms with Crippen molar-refractivity contribution < 1.29 is 4.39 Å². The van der Waals surface area contributed by atoms with Gasteiger partial charge in [0.25, 0.3) is 0 Å². The fourth-order valence-corrected chi connectivity index (χ4v) is 2.99. The lowest BCUT2D eigenvalue weighted by atomic mass is 10.0. The largest absolute Gasteiger partial charge is 0.304 e. The molecule has 2 unspecified atom stereocenters. The van der Waals surface area contributed by atoms with Crippen molar-refractivity contribution >= 4 is 39.1 Å². The zero-order valence-electron chi connectivity index (χ0n) is 11.6. The molecule has 5 heteroatoms. The van der Waals surface area contributed by atoms with Crippen LogP contribution >= 0.6 is 39.1 Å². The number of nitrogens with one attached hydrogen (secondary N) is 1. The summed E-state index contributed by atoms with van der Waals surface area (Å²) in [6.07, 6.45) is 0. The van der Waals surface area contributed by atoms with Gasteiger partial charge in [0.2, 0.25) is 0 Å². The van der Waals surface area contributed by atoms with Crippen LogP contribution in [0.25, 0.3) is 0 Å². The SMILES string of the molecule is CC(NC(C)c1cc(F)c(Cl)cc1Cl)c1ccc(Br)cc1. The first-order valence-electron chi connectivity index (χ1n) is 6.54. The maximum Gasteiger partial charge on any atom is 0.142 e. The first-order valence-corrected chi connectivity index (χ1v) is 8.09. The Morgan fingerprint density at radius 3 is 2.24 bits per heavy atom. The predicted molar refractivity (Wildman–Crippen MR) is 90.5 cm³/mol. The molecule has 0 spiro atoms. The van der Waals surface area contributed by atoms with Crippen molar-refractivity contribution in [3.8, 4) is 0 Å². The smallest absolute Gasteiger partial charge is 0.142 e. The first kappa shape index (κ1) is 16.8. The zero-order valence-corrected chi connectivity index (χ0v) is 14.7. The fourth-order valence-electron chi connectivity index (χ4n) is 2.18. The maximum atomic E-state index is 13.6. The Kier molecular flexibility index (Phi) is 5.67. The van der Waals surface area contributed by atoms with Gasteiger partial charge in [-0.05, 0) is 49.2 Å². The van der Waals surface area contributed by atoms with Crippen LogP contribution in [0, 0.1) is 5.82 Å². The molecule has 0 heterocycles. The molecule has 0 aliphatic heterocycles. The maximum absolute atomic E-state index is 13.6. The molecule has 0 bridgehead atoms. The molecule has 0 aliphatic rings. The lowest BCUT2D eigenvalue weighted by Crippen LogP contribution is -2.22. The molecule has 2 rings (SSSR count). The third kappa shape index (κ3) is 4.19. The Morgan fingerprint density at radius 2 is 1.62 bits per heavy atom. The number of halogens is 4. The Bertz CT molecular complexity index is 631. The van der Waals surface area contributed by atoms with Gasteiger partial charge in [-0.3, -0.25) is 0 Å². The molecular formula is C16H15BrCl2FN. The van der Waals surface area contributed by atoms with Gasteiger partial charge in [-0.25, -0.2) is 4.39 Å². The summed E-state index contributed by atoms with van der Waals surface area (Å²) in [5.74, 6) is -0.457.